The van der Waals surface area contributed by atoms with Crippen LogP contribution in [0.4, 0.5) is 0 Å². The number of aromatic nitrogens is 2. The predicted octanol–water partition coefficient (Wildman–Crippen LogP) is 9.46. The van der Waals surface area contributed by atoms with Crippen LogP contribution in [0.3, 0.4) is 0 Å². The fourth-order valence-corrected chi connectivity index (χ4v) is 4.62. The zero-order valence-electron chi connectivity index (χ0n) is 20.1. The van der Waals surface area contributed by atoms with Crippen molar-refractivity contribution < 1.29 is 0 Å². The maximum absolute atomic E-state index is 6.32. The largest absolute Gasteiger partial charge is 0.228 e. The second-order valence-corrected chi connectivity index (χ2v) is 9.30. The van der Waals surface area contributed by atoms with E-state index >= 15 is 0 Å². The van der Waals surface area contributed by atoms with Gasteiger partial charge in [0, 0.05) is 21.7 Å². The fraction of sp³-hybridized carbons (Fsp3) is 0. The first kappa shape index (κ1) is 22.9. The molecule has 1 heterocycles. The molecule has 0 saturated carbocycles. The van der Waals surface area contributed by atoms with E-state index < -0.39 is 0 Å². The van der Waals surface area contributed by atoms with Crippen LogP contribution in [0.2, 0.25) is 5.02 Å². The van der Waals surface area contributed by atoms with Crippen molar-refractivity contribution >= 4 is 11.6 Å². The van der Waals surface area contributed by atoms with Crippen molar-refractivity contribution in [3.63, 3.8) is 0 Å². The van der Waals surface area contributed by atoms with Gasteiger partial charge in [-0.2, -0.15) is 0 Å². The highest BCUT2D eigenvalue weighted by Gasteiger charge is 2.12. The van der Waals surface area contributed by atoms with Crippen LogP contribution in [0.1, 0.15) is 0 Å². The lowest BCUT2D eigenvalue weighted by Crippen LogP contribution is -1.96. The minimum absolute atomic E-state index is 0.679. The Balaban J connectivity index is 1.42. The van der Waals surface area contributed by atoms with Gasteiger partial charge < -0.3 is 0 Å². The van der Waals surface area contributed by atoms with E-state index in [0.717, 1.165) is 33.6 Å². The Kier molecular flexibility index (Phi) is 6.33. The molecule has 0 fully saturated rings. The summed E-state index contributed by atoms with van der Waals surface area (Å²) < 4.78 is 0. The summed E-state index contributed by atoms with van der Waals surface area (Å²) in [4.78, 5) is 9.92. The van der Waals surface area contributed by atoms with Crippen LogP contribution in [0, 0.1) is 0 Å². The van der Waals surface area contributed by atoms with E-state index in [1.165, 1.54) is 16.7 Å². The molecule has 0 spiro atoms. The Labute approximate surface area is 221 Å². The Hall–Kier alpha value is -4.53. The summed E-state index contributed by atoms with van der Waals surface area (Å²) >= 11 is 6.32. The van der Waals surface area contributed by atoms with Crippen LogP contribution in [-0.4, -0.2) is 9.97 Å². The van der Waals surface area contributed by atoms with Crippen molar-refractivity contribution in [1.29, 1.82) is 0 Å². The van der Waals surface area contributed by atoms with Crippen LogP contribution < -0.4 is 0 Å². The maximum Gasteiger partial charge on any atom is 0.160 e. The summed E-state index contributed by atoms with van der Waals surface area (Å²) in [6.07, 6.45) is 0. The molecule has 6 rings (SSSR count). The molecular weight excluding hydrogens is 472 g/mol. The highest BCUT2D eigenvalue weighted by molar-refractivity contribution is 6.30. The molecule has 37 heavy (non-hydrogen) atoms. The Morgan fingerprint density at radius 1 is 0.351 bits per heavy atom. The number of hydrogen-bond acceptors (Lipinski definition) is 2. The first-order valence-corrected chi connectivity index (χ1v) is 12.6. The molecule has 0 saturated heterocycles. The van der Waals surface area contributed by atoms with Crippen molar-refractivity contribution in [3.8, 4) is 56.2 Å². The lowest BCUT2D eigenvalue weighted by Gasteiger charge is -2.11. The van der Waals surface area contributed by atoms with E-state index in [4.69, 9.17) is 21.6 Å². The number of benzene rings is 5. The predicted molar refractivity (Wildman–Crippen MR) is 154 cm³/mol. The van der Waals surface area contributed by atoms with Crippen LogP contribution in [0.15, 0.2) is 140 Å². The summed E-state index contributed by atoms with van der Waals surface area (Å²) in [6, 6.07) is 47.5. The van der Waals surface area contributed by atoms with Crippen LogP contribution in [-0.2, 0) is 0 Å². The topological polar surface area (TPSA) is 25.8 Å². The molecule has 2 nitrogen and oxygen atoms in total. The van der Waals surface area contributed by atoms with Gasteiger partial charge in [0.1, 0.15) is 0 Å². The van der Waals surface area contributed by atoms with E-state index in [1.54, 1.807) is 0 Å². The zero-order valence-corrected chi connectivity index (χ0v) is 20.8. The molecule has 0 amide bonds. The van der Waals surface area contributed by atoms with Crippen molar-refractivity contribution in [2.75, 3.05) is 0 Å². The van der Waals surface area contributed by atoms with E-state index in [0.29, 0.717) is 10.8 Å². The lowest BCUT2D eigenvalue weighted by atomic mass is 10.0. The Bertz CT molecular complexity index is 1540. The molecule has 0 radical (unpaired) electrons. The third-order valence-electron chi connectivity index (χ3n) is 6.38. The van der Waals surface area contributed by atoms with Crippen molar-refractivity contribution in [3.05, 3.63) is 145 Å². The summed E-state index contributed by atoms with van der Waals surface area (Å²) in [5.41, 5.74) is 9.36. The third kappa shape index (κ3) is 5.06. The van der Waals surface area contributed by atoms with E-state index in [9.17, 15) is 0 Å². The quantitative estimate of drug-likeness (QED) is 0.238. The smallest absolute Gasteiger partial charge is 0.160 e. The molecule has 3 heteroatoms. The van der Waals surface area contributed by atoms with Gasteiger partial charge in [-0.25, -0.2) is 9.97 Å². The van der Waals surface area contributed by atoms with Crippen molar-refractivity contribution in [1.82, 2.24) is 9.97 Å². The Morgan fingerprint density at radius 2 is 0.784 bits per heavy atom. The van der Waals surface area contributed by atoms with Gasteiger partial charge in [0.15, 0.2) is 5.82 Å². The van der Waals surface area contributed by atoms with Crippen LogP contribution >= 0.6 is 11.6 Å². The molecule has 0 atom stereocenters. The van der Waals surface area contributed by atoms with Gasteiger partial charge in [-0.3, -0.25) is 0 Å². The van der Waals surface area contributed by atoms with E-state index in [1.807, 2.05) is 42.5 Å². The normalized spacial score (nSPS) is 10.8. The van der Waals surface area contributed by atoms with Crippen LogP contribution in [0.5, 0.6) is 0 Å². The second-order valence-electron chi connectivity index (χ2n) is 8.86. The highest BCUT2D eigenvalue weighted by Crippen LogP contribution is 2.31. The third-order valence-corrected chi connectivity index (χ3v) is 6.62. The van der Waals surface area contributed by atoms with Crippen LogP contribution in [0.25, 0.3) is 56.2 Å². The monoisotopic (exact) mass is 494 g/mol. The van der Waals surface area contributed by atoms with Gasteiger partial charge in [0.25, 0.3) is 0 Å². The van der Waals surface area contributed by atoms with Crippen molar-refractivity contribution in [2.45, 2.75) is 0 Å². The molecule has 0 aliphatic carbocycles. The van der Waals surface area contributed by atoms with Gasteiger partial charge in [-0.1, -0.05) is 133 Å². The minimum atomic E-state index is 0.679. The molecular formula is C34H23ClN2. The Morgan fingerprint density at radius 3 is 1.32 bits per heavy atom. The standard InChI is InChI=1S/C34H23ClN2/c35-31-13-7-12-30(22-31)33-23-32(28-18-14-26(15-19-28)24-8-3-1-4-9-24)36-34(37-33)29-20-16-27(17-21-29)25-10-5-2-6-11-25/h1-23H. The van der Waals surface area contributed by atoms with Gasteiger partial charge >= 0.3 is 0 Å². The van der Waals surface area contributed by atoms with Gasteiger partial charge in [-0.15, -0.1) is 0 Å². The van der Waals surface area contributed by atoms with Crippen molar-refractivity contribution in [2.24, 2.45) is 0 Å². The van der Waals surface area contributed by atoms with E-state index in [2.05, 4.69) is 97.1 Å². The maximum atomic E-state index is 6.32. The molecule has 0 aliphatic heterocycles. The summed E-state index contributed by atoms with van der Waals surface area (Å²) in [6.45, 7) is 0. The molecule has 176 valence electrons. The lowest BCUT2D eigenvalue weighted by molar-refractivity contribution is 1.18. The van der Waals surface area contributed by atoms with Gasteiger partial charge in [0.05, 0.1) is 11.4 Å². The number of rotatable bonds is 5. The molecule has 0 aliphatic rings. The molecule has 5 aromatic carbocycles. The molecule has 6 aromatic rings. The molecule has 0 unspecified atom stereocenters. The first-order chi connectivity index (χ1) is 18.2. The summed E-state index contributed by atoms with van der Waals surface area (Å²) in [7, 11) is 0. The second kappa shape index (κ2) is 10.2. The number of nitrogens with zero attached hydrogens (tertiary/aromatic N) is 2. The molecule has 1 aromatic heterocycles. The summed E-state index contributed by atoms with van der Waals surface area (Å²) in [5, 5.41) is 0.679. The number of halogens is 1. The van der Waals surface area contributed by atoms with E-state index in [-0.39, 0.29) is 0 Å². The fourth-order valence-electron chi connectivity index (χ4n) is 4.43. The average molecular weight is 495 g/mol. The summed E-state index contributed by atoms with van der Waals surface area (Å²) in [5.74, 6) is 0.680. The minimum Gasteiger partial charge on any atom is -0.228 e. The highest BCUT2D eigenvalue weighted by atomic mass is 35.5. The van der Waals surface area contributed by atoms with Gasteiger partial charge in [-0.05, 0) is 40.5 Å². The number of hydrogen-bond donors (Lipinski definition) is 0. The molecule has 0 N–H and O–H groups in total. The molecule has 0 bridgehead atoms. The SMILES string of the molecule is Clc1cccc(-c2cc(-c3ccc(-c4ccccc4)cc3)nc(-c3ccc(-c4ccccc4)cc3)n2)c1. The van der Waals surface area contributed by atoms with Gasteiger partial charge in [0.2, 0.25) is 0 Å². The zero-order chi connectivity index (χ0) is 25.0. The average Bonchev–Trinajstić information content (AvgIpc) is 2.98. The first-order valence-electron chi connectivity index (χ1n) is 12.2.